The number of likely N-dealkylation sites (tertiary alicyclic amines) is 2. The summed E-state index contributed by atoms with van der Waals surface area (Å²) in [7, 11) is 1.49. The first kappa shape index (κ1) is 36.1. The maximum atomic E-state index is 14.5. The molecule has 0 radical (unpaired) electrons. The lowest BCUT2D eigenvalue weighted by molar-refractivity contribution is -0.141. The Morgan fingerprint density at radius 1 is 1.02 bits per heavy atom. The van der Waals surface area contributed by atoms with Crippen LogP contribution in [0.4, 0.5) is 14.0 Å². The Kier molecular flexibility index (Phi) is 10.6. The first-order valence-electron chi connectivity index (χ1n) is 16.1. The van der Waals surface area contributed by atoms with Crippen molar-refractivity contribution >= 4 is 35.3 Å². The summed E-state index contributed by atoms with van der Waals surface area (Å²) >= 11 is 1.43. The molecule has 47 heavy (non-hydrogen) atoms. The largest absolute Gasteiger partial charge is 0.444 e. The molecule has 2 saturated heterocycles. The number of halogens is 1. The van der Waals surface area contributed by atoms with Crippen LogP contribution in [0.2, 0.25) is 0 Å². The van der Waals surface area contributed by atoms with Crippen LogP contribution in [0, 0.1) is 11.2 Å². The third-order valence-electron chi connectivity index (χ3n) is 8.62. The van der Waals surface area contributed by atoms with Crippen LogP contribution < -0.4 is 10.6 Å². The summed E-state index contributed by atoms with van der Waals surface area (Å²) in [6, 6.07) is 3.47. The Balaban J connectivity index is 1.62. The van der Waals surface area contributed by atoms with Crippen LogP contribution in [-0.2, 0) is 14.3 Å². The van der Waals surface area contributed by atoms with Crippen LogP contribution in [0.15, 0.2) is 29.6 Å². The van der Waals surface area contributed by atoms with E-state index in [1.165, 1.54) is 35.4 Å². The zero-order valence-electron chi connectivity index (χ0n) is 29.1. The Hall–Kier alpha value is -3.74. The summed E-state index contributed by atoms with van der Waals surface area (Å²) in [5, 5.41) is 8.61. The highest BCUT2D eigenvalue weighted by atomic mass is 32.1. The molecule has 3 heterocycles. The zero-order chi connectivity index (χ0) is 35.0. The smallest absolute Gasteiger partial charge is 0.410 e. The second kappa shape index (κ2) is 13.8. The number of hydrogen-bond acceptors (Lipinski definition) is 7. The monoisotopic (exact) mass is 672 g/mol. The lowest BCUT2D eigenvalue weighted by Crippen LogP contribution is -2.59. The summed E-state index contributed by atoms with van der Waals surface area (Å²) in [6.07, 6.45) is -0.0614. The molecule has 2 aromatic rings. The van der Waals surface area contributed by atoms with Crippen molar-refractivity contribution in [2.24, 2.45) is 5.41 Å². The van der Waals surface area contributed by atoms with Gasteiger partial charge in [0.25, 0.3) is 0 Å². The number of hydrogen-bond donors (Lipinski definition) is 2. The van der Waals surface area contributed by atoms with Crippen molar-refractivity contribution < 1.29 is 28.3 Å². The quantitative estimate of drug-likeness (QED) is 0.416. The van der Waals surface area contributed by atoms with Gasteiger partial charge in [0.15, 0.2) is 0 Å². The van der Waals surface area contributed by atoms with E-state index in [0.717, 1.165) is 16.3 Å². The number of nitrogens with zero attached hydrogens (tertiary/aromatic N) is 4. The number of ether oxygens (including phenoxy) is 1. The lowest BCUT2D eigenvalue weighted by atomic mass is 9.85. The molecule has 1 aromatic heterocycles. The molecule has 5 atom stereocenters. The number of carbonyl (C=O) groups excluding carboxylic acids is 4. The fourth-order valence-electron chi connectivity index (χ4n) is 6.10. The third-order valence-corrected chi connectivity index (χ3v) is 9.53. The molecule has 11 nitrogen and oxygen atoms in total. The van der Waals surface area contributed by atoms with Crippen molar-refractivity contribution in [3.05, 3.63) is 41.2 Å². The standard InChI is InChI=1S/C34H49FN6O5S/c1-19(2)36-31(44)41-17-23(24-18-47-29(37-24)21-11-13-22(35)14-12-21)26-25(41)15-16-40(26)30(43)27(33(4,5)6)38-28(42)20(3)39(10)32(45)46-34(7,8)9/h11-14,18-20,23,25-27H,15-17H2,1-10H3,(H,36,44)(H,38,42)/t20-,23+,25+,26+,27+/m0/s1. The number of thiazole rings is 1. The maximum absolute atomic E-state index is 14.5. The first-order chi connectivity index (χ1) is 21.8. The van der Waals surface area contributed by atoms with Crippen molar-refractivity contribution in [2.45, 2.75) is 110 Å². The molecular weight excluding hydrogens is 623 g/mol. The minimum atomic E-state index is -0.910. The number of carbonyl (C=O) groups is 4. The van der Waals surface area contributed by atoms with E-state index in [2.05, 4.69) is 10.6 Å². The topological polar surface area (TPSA) is 124 Å². The van der Waals surface area contributed by atoms with Gasteiger partial charge in [-0.3, -0.25) is 14.5 Å². The van der Waals surface area contributed by atoms with Crippen LogP contribution in [0.1, 0.15) is 80.3 Å². The van der Waals surface area contributed by atoms with Crippen molar-refractivity contribution in [1.82, 2.24) is 30.3 Å². The predicted octanol–water partition coefficient (Wildman–Crippen LogP) is 5.22. The van der Waals surface area contributed by atoms with Gasteiger partial charge in [0.2, 0.25) is 11.8 Å². The summed E-state index contributed by atoms with van der Waals surface area (Å²) < 4.78 is 19.0. The molecule has 2 aliphatic heterocycles. The van der Waals surface area contributed by atoms with E-state index in [-0.39, 0.29) is 41.8 Å². The Labute approximate surface area is 281 Å². The van der Waals surface area contributed by atoms with Crippen LogP contribution >= 0.6 is 11.3 Å². The molecule has 258 valence electrons. The molecule has 5 amide bonds. The van der Waals surface area contributed by atoms with E-state index in [1.807, 2.05) is 44.9 Å². The van der Waals surface area contributed by atoms with Gasteiger partial charge in [-0.15, -0.1) is 11.3 Å². The van der Waals surface area contributed by atoms with Gasteiger partial charge >= 0.3 is 12.1 Å². The van der Waals surface area contributed by atoms with Crippen molar-refractivity contribution in [3.8, 4) is 10.6 Å². The van der Waals surface area contributed by atoms with E-state index >= 15 is 0 Å². The average molecular weight is 673 g/mol. The number of nitrogens with one attached hydrogen (secondary N) is 2. The molecule has 2 N–H and O–H groups in total. The first-order valence-corrected chi connectivity index (χ1v) is 17.0. The normalized spacial score (nSPS) is 20.9. The molecule has 0 spiro atoms. The fraction of sp³-hybridized carbons (Fsp3) is 0.618. The molecule has 0 unspecified atom stereocenters. The summed E-state index contributed by atoms with van der Waals surface area (Å²) in [5.41, 5.74) is 0.140. The van der Waals surface area contributed by atoms with Gasteiger partial charge in [0, 0.05) is 43.0 Å². The Morgan fingerprint density at radius 2 is 1.66 bits per heavy atom. The van der Waals surface area contributed by atoms with Crippen LogP contribution in [-0.4, -0.2) is 99.6 Å². The molecule has 0 bridgehead atoms. The second-order valence-electron chi connectivity index (χ2n) is 14.9. The Morgan fingerprint density at radius 3 is 2.23 bits per heavy atom. The number of benzene rings is 1. The zero-order valence-corrected chi connectivity index (χ0v) is 29.9. The van der Waals surface area contributed by atoms with Crippen molar-refractivity contribution in [1.29, 1.82) is 0 Å². The van der Waals surface area contributed by atoms with Gasteiger partial charge in [-0.2, -0.15) is 0 Å². The van der Waals surface area contributed by atoms with E-state index < -0.39 is 35.1 Å². The highest BCUT2D eigenvalue weighted by Gasteiger charge is 2.54. The van der Waals surface area contributed by atoms with Gasteiger partial charge in [-0.1, -0.05) is 20.8 Å². The number of likely N-dealkylation sites (N-methyl/N-ethyl adjacent to an activating group) is 1. The summed E-state index contributed by atoms with van der Waals surface area (Å²) in [4.78, 5) is 63.8. The molecule has 2 fully saturated rings. The van der Waals surface area contributed by atoms with Gasteiger partial charge in [0.1, 0.15) is 28.5 Å². The maximum Gasteiger partial charge on any atom is 0.410 e. The molecule has 1 aromatic carbocycles. The third kappa shape index (κ3) is 8.22. The SMILES string of the molecule is CC(C)NC(=O)N1C[C@H](c2csc(-c3ccc(F)cc3)n2)[C@@H]2[C@H]1CCN2C(=O)[C@@H](NC(=O)[C@H](C)N(C)C(=O)OC(C)(C)C)C(C)(C)C. The predicted molar refractivity (Wildman–Crippen MR) is 179 cm³/mol. The number of amides is 5. The van der Waals surface area contributed by atoms with E-state index in [4.69, 9.17) is 9.72 Å². The molecule has 0 saturated carbocycles. The van der Waals surface area contributed by atoms with Gasteiger partial charge < -0.3 is 25.2 Å². The summed E-state index contributed by atoms with van der Waals surface area (Å²) in [5.74, 6) is -1.34. The van der Waals surface area contributed by atoms with Gasteiger partial charge in [-0.25, -0.2) is 19.0 Å². The number of urea groups is 1. The van der Waals surface area contributed by atoms with E-state index in [1.54, 1.807) is 44.7 Å². The molecule has 13 heteroatoms. The van der Waals surface area contributed by atoms with E-state index in [0.29, 0.717) is 19.5 Å². The summed E-state index contributed by atoms with van der Waals surface area (Å²) in [6.45, 7) is 17.1. The average Bonchev–Trinajstić information content (AvgIpc) is 3.69. The van der Waals surface area contributed by atoms with Crippen LogP contribution in [0.5, 0.6) is 0 Å². The minimum Gasteiger partial charge on any atom is -0.444 e. The Bertz CT molecular complexity index is 1470. The molecule has 0 aliphatic carbocycles. The second-order valence-corrected chi connectivity index (χ2v) is 15.8. The van der Waals surface area contributed by atoms with E-state index in [9.17, 15) is 23.6 Å². The number of aromatic nitrogens is 1. The van der Waals surface area contributed by atoms with Crippen molar-refractivity contribution in [3.63, 3.8) is 0 Å². The van der Waals surface area contributed by atoms with Crippen molar-refractivity contribution in [2.75, 3.05) is 20.1 Å². The number of fused-ring (bicyclic) bond motifs is 1. The molecular formula is C34H49FN6O5S. The van der Waals surface area contributed by atoms with Gasteiger partial charge in [-0.05, 0) is 77.6 Å². The molecule has 2 aliphatic rings. The van der Waals surface area contributed by atoms with Crippen LogP contribution in [0.3, 0.4) is 0 Å². The number of rotatable bonds is 7. The fourth-order valence-corrected chi connectivity index (χ4v) is 6.99. The molecule has 4 rings (SSSR count). The minimum absolute atomic E-state index is 0.0650. The van der Waals surface area contributed by atoms with Gasteiger partial charge in [0.05, 0.1) is 17.8 Å². The van der Waals surface area contributed by atoms with Crippen LogP contribution in [0.25, 0.3) is 10.6 Å². The highest BCUT2D eigenvalue weighted by molar-refractivity contribution is 7.13. The lowest BCUT2D eigenvalue weighted by Gasteiger charge is -2.37. The highest BCUT2D eigenvalue weighted by Crippen LogP contribution is 2.43.